The maximum Gasteiger partial charge on any atom is 0.0874 e. The van der Waals surface area contributed by atoms with Crippen molar-refractivity contribution in [2.45, 2.75) is 65.4 Å². The molecule has 1 heteroatoms. The second kappa shape index (κ2) is 3.38. The monoisotopic (exact) mass is 234 g/mol. The van der Waals surface area contributed by atoms with Crippen LogP contribution in [0.5, 0.6) is 0 Å². The highest BCUT2D eigenvalue weighted by molar-refractivity contribution is 5.32. The van der Waals surface area contributed by atoms with Crippen molar-refractivity contribution in [2.75, 3.05) is 6.61 Å². The fraction of sp³-hybridized carbons (Fsp3) is 0.875. The predicted molar refractivity (Wildman–Crippen MR) is 70.9 cm³/mol. The van der Waals surface area contributed by atoms with Crippen molar-refractivity contribution >= 4 is 0 Å². The zero-order valence-electron chi connectivity index (χ0n) is 11.8. The van der Waals surface area contributed by atoms with E-state index in [1.54, 1.807) is 5.57 Å². The van der Waals surface area contributed by atoms with E-state index in [0.29, 0.717) is 10.8 Å². The van der Waals surface area contributed by atoms with Crippen LogP contribution in [0.1, 0.15) is 59.8 Å². The van der Waals surface area contributed by atoms with Crippen molar-refractivity contribution in [2.24, 2.45) is 16.7 Å². The zero-order valence-corrected chi connectivity index (χ0v) is 11.8. The molecule has 96 valence electrons. The summed E-state index contributed by atoms with van der Waals surface area (Å²) >= 11 is 0. The van der Waals surface area contributed by atoms with Crippen molar-refractivity contribution in [1.82, 2.24) is 0 Å². The lowest BCUT2D eigenvalue weighted by molar-refractivity contribution is -0.0709. The van der Waals surface area contributed by atoms with E-state index in [4.69, 9.17) is 4.74 Å². The molecule has 0 radical (unpaired) electrons. The van der Waals surface area contributed by atoms with Crippen molar-refractivity contribution in [3.05, 3.63) is 11.6 Å². The molecule has 3 unspecified atom stereocenters. The van der Waals surface area contributed by atoms with Gasteiger partial charge in [-0.25, -0.2) is 0 Å². The second-order valence-electron chi connectivity index (χ2n) is 7.51. The first-order valence-corrected chi connectivity index (χ1v) is 7.24. The van der Waals surface area contributed by atoms with Crippen LogP contribution in [0.15, 0.2) is 11.6 Å². The first kappa shape index (κ1) is 11.8. The number of fused-ring (bicyclic) bond motifs is 3. The van der Waals surface area contributed by atoms with Gasteiger partial charge in [0.1, 0.15) is 0 Å². The molecule has 0 N–H and O–H groups in total. The molecule has 1 nitrogen and oxygen atoms in total. The average molecular weight is 234 g/mol. The highest BCUT2D eigenvalue weighted by Crippen LogP contribution is 2.63. The van der Waals surface area contributed by atoms with Crippen LogP contribution in [-0.4, -0.2) is 12.2 Å². The molecule has 1 aliphatic heterocycles. The van der Waals surface area contributed by atoms with Gasteiger partial charge in [-0.15, -0.1) is 0 Å². The molecule has 0 saturated heterocycles. The lowest BCUT2D eigenvalue weighted by Gasteiger charge is -2.58. The van der Waals surface area contributed by atoms with E-state index in [9.17, 15) is 0 Å². The summed E-state index contributed by atoms with van der Waals surface area (Å²) in [4.78, 5) is 0. The Hall–Kier alpha value is -0.300. The van der Waals surface area contributed by atoms with Crippen LogP contribution in [0, 0.1) is 16.7 Å². The van der Waals surface area contributed by atoms with Crippen LogP contribution in [0.4, 0.5) is 0 Å². The van der Waals surface area contributed by atoms with Gasteiger partial charge in [0, 0.05) is 0 Å². The van der Waals surface area contributed by atoms with E-state index >= 15 is 0 Å². The highest BCUT2D eigenvalue weighted by Gasteiger charge is 2.56. The Bertz CT molecular complexity index is 368. The minimum Gasteiger partial charge on any atom is -0.367 e. The van der Waals surface area contributed by atoms with Gasteiger partial charge in [0.2, 0.25) is 0 Å². The third-order valence-electron chi connectivity index (χ3n) is 6.01. The van der Waals surface area contributed by atoms with Gasteiger partial charge >= 0.3 is 0 Å². The summed E-state index contributed by atoms with van der Waals surface area (Å²) in [6.45, 7) is 10.6. The third-order valence-corrected chi connectivity index (χ3v) is 6.01. The molecule has 3 aliphatic rings. The molecule has 0 aromatic carbocycles. The Morgan fingerprint density at radius 1 is 1.12 bits per heavy atom. The van der Waals surface area contributed by atoms with Crippen LogP contribution in [0.3, 0.4) is 0 Å². The van der Waals surface area contributed by atoms with E-state index < -0.39 is 0 Å². The number of hydrogen-bond donors (Lipinski definition) is 0. The van der Waals surface area contributed by atoms with Gasteiger partial charge in [-0.1, -0.05) is 33.3 Å². The zero-order chi connectivity index (χ0) is 12.3. The van der Waals surface area contributed by atoms with Gasteiger partial charge in [0.15, 0.2) is 0 Å². The summed E-state index contributed by atoms with van der Waals surface area (Å²) in [6.07, 6.45) is 9.12. The van der Waals surface area contributed by atoms with Gasteiger partial charge in [0.25, 0.3) is 0 Å². The third kappa shape index (κ3) is 1.47. The lowest BCUT2D eigenvalue weighted by Crippen LogP contribution is -2.52. The van der Waals surface area contributed by atoms with Crippen LogP contribution in [0.2, 0.25) is 0 Å². The molecule has 0 bridgehead atoms. The molecule has 1 heterocycles. The molecule has 17 heavy (non-hydrogen) atoms. The molecular formula is C16H26O. The van der Waals surface area contributed by atoms with Crippen molar-refractivity contribution < 1.29 is 4.74 Å². The van der Waals surface area contributed by atoms with E-state index in [-0.39, 0.29) is 5.60 Å². The predicted octanol–water partition coefficient (Wildman–Crippen LogP) is 4.33. The Morgan fingerprint density at radius 3 is 2.65 bits per heavy atom. The van der Waals surface area contributed by atoms with Crippen molar-refractivity contribution in [3.63, 3.8) is 0 Å². The van der Waals surface area contributed by atoms with E-state index in [0.717, 1.165) is 12.5 Å². The summed E-state index contributed by atoms with van der Waals surface area (Å²) in [7, 11) is 0. The maximum atomic E-state index is 6.03. The average Bonchev–Trinajstić information content (AvgIpc) is 2.60. The molecule has 0 spiro atoms. The van der Waals surface area contributed by atoms with Crippen molar-refractivity contribution in [3.8, 4) is 0 Å². The molecule has 3 atom stereocenters. The summed E-state index contributed by atoms with van der Waals surface area (Å²) in [5.74, 6) is 0.852. The van der Waals surface area contributed by atoms with E-state index in [1.807, 2.05) is 0 Å². The molecule has 0 aromatic rings. The van der Waals surface area contributed by atoms with Crippen LogP contribution >= 0.6 is 0 Å². The van der Waals surface area contributed by atoms with Gasteiger partial charge in [-0.05, 0) is 54.9 Å². The largest absolute Gasteiger partial charge is 0.367 e. The molecule has 2 aliphatic carbocycles. The smallest absolute Gasteiger partial charge is 0.0874 e. The van der Waals surface area contributed by atoms with Crippen LogP contribution in [-0.2, 0) is 4.74 Å². The summed E-state index contributed by atoms with van der Waals surface area (Å²) in [6, 6.07) is 0. The normalized spacial score (nSPS) is 48.2. The Balaban J connectivity index is 2.04. The van der Waals surface area contributed by atoms with Crippen LogP contribution in [0.25, 0.3) is 0 Å². The number of rotatable bonds is 0. The maximum absolute atomic E-state index is 6.03. The Morgan fingerprint density at radius 2 is 1.88 bits per heavy atom. The van der Waals surface area contributed by atoms with Gasteiger partial charge < -0.3 is 4.74 Å². The molecule has 0 aromatic heterocycles. The Kier molecular flexibility index (Phi) is 2.34. The van der Waals surface area contributed by atoms with Crippen LogP contribution < -0.4 is 0 Å². The van der Waals surface area contributed by atoms with E-state index in [1.165, 1.54) is 32.1 Å². The molecular weight excluding hydrogens is 208 g/mol. The molecule has 0 amide bonds. The minimum atomic E-state index is 0.0681. The summed E-state index contributed by atoms with van der Waals surface area (Å²) in [5, 5.41) is 0. The SMILES string of the molecule is CC12CCC3C(C)(C)CCCC3(C)C1=CCO2. The molecule has 2 saturated carbocycles. The van der Waals surface area contributed by atoms with Gasteiger partial charge in [0.05, 0.1) is 12.2 Å². The second-order valence-corrected chi connectivity index (χ2v) is 7.51. The number of ether oxygens (including phenoxy) is 1. The summed E-state index contributed by atoms with van der Waals surface area (Å²) < 4.78 is 6.03. The van der Waals surface area contributed by atoms with Gasteiger partial charge in [-0.3, -0.25) is 0 Å². The van der Waals surface area contributed by atoms with Gasteiger partial charge in [-0.2, -0.15) is 0 Å². The molecule has 3 rings (SSSR count). The Labute approximate surface area is 106 Å². The minimum absolute atomic E-state index is 0.0681. The van der Waals surface area contributed by atoms with Crippen molar-refractivity contribution in [1.29, 1.82) is 0 Å². The first-order chi connectivity index (χ1) is 7.89. The quantitative estimate of drug-likeness (QED) is 0.567. The molecule has 2 fully saturated rings. The standard InChI is InChI=1S/C16H26O/c1-14(2)8-5-9-15(3)12(14)6-10-16(4)13(15)7-11-17-16/h7,12H,5-6,8-11H2,1-4H3. The highest BCUT2D eigenvalue weighted by atomic mass is 16.5. The fourth-order valence-electron chi connectivity index (χ4n) is 5.22. The number of hydrogen-bond acceptors (Lipinski definition) is 1. The lowest BCUT2D eigenvalue weighted by atomic mass is 9.48. The fourth-order valence-corrected chi connectivity index (χ4v) is 5.22. The van der Waals surface area contributed by atoms with E-state index in [2.05, 4.69) is 33.8 Å². The summed E-state index contributed by atoms with van der Waals surface area (Å²) in [5.41, 5.74) is 2.62. The first-order valence-electron chi connectivity index (χ1n) is 7.24. The topological polar surface area (TPSA) is 9.23 Å².